The van der Waals surface area contributed by atoms with Crippen molar-refractivity contribution in [3.8, 4) is 17.0 Å². The maximum absolute atomic E-state index is 13.3. The van der Waals surface area contributed by atoms with Gasteiger partial charge in [0, 0.05) is 16.5 Å². The molecule has 0 bridgehead atoms. The number of carbonyl (C=O) groups is 1. The number of carbonyl (C=O) groups excluding carboxylic acids is 1. The van der Waals surface area contributed by atoms with Gasteiger partial charge in [-0.15, -0.1) is 11.3 Å². The fourth-order valence-corrected chi connectivity index (χ4v) is 2.96. The Morgan fingerprint density at radius 3 is 2.50 bits per heavy atom. The van der Waals surface area contributed by atoms with Crippen molar-refractivity contribution >= 4 is 22.4 Å². The first kappa shape index (κ1) is 18.0. The molecule has 26 heavy (non-hydrogen) atoms. The van der Waals surface area contributed by atoms with Crippen LogP contribution in [0.5, 0.6) is 5.75 Å². The minimum atomic E-state index is -0.940. The lowest BCUT2D eigenvalue weighted by Gasteiger charge is -2.09. The van der Waals surface area contributed by atoms with Crippen LogP contribution in [-0.2, 0) is 0 Å². The zero-order valence-corrected chi connectivity index (χ0v) is 14.9. The van der Waals surface area contributed by atoms with Gasteiger partial charge in [0.2, 0.25) is 0 Å². The van der Waals surface area contributed by atoms with Gasteiger partial charge in [-0.25, -0.2) is 13.8 Å². The van der Waals surface area contributed by atoms with Gasteiger partial charge in [-0.2, -0.15) is 0 Å². The van der Waals surface area contributed by atoms with E-state index in [-0.39, 0.29) is 12.0 Å². The predicted octanol–water partition coefficient (Wildman–Crippen LogP) is 5.13. The van der Waals surface area contributed by atoms with Crippen molar-refractivity contribution in [2.24, 2.45) is 0 Å². The van der Waals surface area contributed by atoms with Crippen LogP contribution in [0.25, 0.3) is 11.3 Å². The maximum atomic E-state index is 13.3. The Morgan fingerprint density at radius 2 is 1.85 bits per heavy atom. The van der Waals surface area contributed by atoms with Crippen LogP contribution in [0.1, 0.15) is 24.2 Å². The molecule has 0 saturated heterocycles. The summed E-state index contributed by atoms with van der Waals surface area (Å²) in [5.41, 5.74) is 1.37. The molecular weight excluding hydrogens is 358 g/mol. The number of hydrogen-bond acceptors (Lipinski definition) is 4. The molecule has 1 amide bonds. The Hall–Kier alpha value is -2.80. The summed E-state index contributed by atoms with van der Waals surface area (Å²) in [7, 11) is 0. The first-order valence-corrected chi connectivity index (χ1v) is 8.79. The van der Waals surface area contributed by atoms with Gasteiger partial charge in [0.25, 0.3) is 5.91 Å². The molecule has 134 valence electrons. The SMILES string of the molecule is CC(C)Oc1ccc(C(=O)Nc2nc(-c3ccc(F)c(F)c3)cs2)cc1. The van der Waals surface area contributed by atoms with Crippen LogP contribution in [0.15, 0.2) is 47.8 Å². The Kier molecular flexibility index (Phi) is 5.27. The lowest BCUT2D eigenvalue weighted by Crippen LogP contribution is -2.12. The van der Waals surface area contributed by atoms with E-state index in [9.17, 15) is 13.6 Å². The van der Waals surface area contributed by atoms with E-state index >= 15 is 0 Å². The van der Waals surface area contributed by atoms with Crippen molar-refractivity contribution in [3.63, 3.8) is 0 Å². The van der Waals surface area contributed by atoms with Gasteiger partial charge >= 0.3 is 0 Å². The van der Waals surface area contributed by atoms with E-state index in [1.807, 2.05) is 13.8 Å². The molecule has 1 heterocycles. The molecule has 4 nitrogen and oxygen atoms in total. The molecule has 3 rings (SSSR count). The molecule has 0 atom stereocenters. The monoisotopic (exact) mass is 374 g/mol. The summed E-state index contributed by atoms with van der Waals surface area (Å²) in [6, 6.07) is 10.3. The topological polar surface area (TPSA) is 51.2 Å². The molecule has 0 radical (unpaired) electrons. The van der Waals surface area contributed by atoms with Crippen molar-refractivity contribution in [1.82, 2.24) is 4.98 Å². The van der Waals surface area contributed by atoms with Gasteiger partial charge in [0.15, 0.2) is 16.8 Å². The summed E-state index contributed by atoms with van der Waals surface area (Å²) in [5.74, 6) is -1.48. The van der Waals surface area contributed by atoms with E-state index in [1.54, 1.807) is 29.6 Å². The highest BCUT2D eigenvalue weighted by molar-refractivity contribution is 7.14. The van der Waals surface area contributed by atoms with E-state index in [4.69, 9.17) is 4.74 Å². The van der Waals surface area contributed by atoms with Crippen LogP contribution >= 0.6 is 11.3 Å². The zero-order valence-electron chi connectivity index (χ0n) is 14.1. The second-order valence-electron chi connectivity index (χ2n) is 5.81. The second-order valence-corrected chi connectivity index (χ2v) is 6.67. The molecule has 0 unspecified atom stereocenters. The van der Waals surface area contributed by atoms with E-state index in [1.165, 1.54) is 17.4 Å². The minimum Gasteiger partial charge on any atom is -0.491 e. The normalized spacial score (nSPS) is 10.8. The number of rotatable bonds is 5. The van der Waals surface area contributed by atoms with Gasteiger partial charge in [-0.1, -0.05) is 0 Å². The van der Waals surface area contributed by atoms with Gasteiger partial charge in [-0.05, 0) is 56.3 Å². The van der Waals surface area contributed by atoms with Crippen molar-refractivity contribution in [1.29, 1.82) is 0 Å². The van der Waals surface area contributed by atoms with Gasteiger partial charge in [-0.3, -0.25) is 10.1 Å². The van der Waals surface area contributed by atoms with Crippen molar-refractivity contribution in [3.05, 3.63) is 65.0 Å². The number of aromatic nitrogens is 1. The van der Waals surface area contributed by atoms with Crippen LogP contribution < -0.4 is 10.1 Å². The standard InChI is InChI=1S/C19H16F2N2O2S/c1-11(2)25-14-6-3-12(4-7-14)18(24)23-19-22-17(10-26-19)13-5-8-15(20)16(21)9-13/h3-11H,1-2H3,(H,22,23,24). The average Bonchev–Trinajstić information content (AvgIpc) is 3.06. The quantitative estimate of drug-likeness (QED) is 0.674. The summed E-state index contributed by atoms with van der Waals surface area (Å²) in [6.45, 7) is 3.85. The number of hydrogen-bond donors (Lipinski definition) is 1. The van der Waals surface area contributed by atoms with E-state index in [0.717, 1.165) is 12.1 Å². The second kappa shape index (κ2) is 7.61. The highest BCUT2D eigenvalue weighted by Crippen LogP contribution is 2.26. The number of amides is 1. The smallest absolute Gasteiger partial charge is 0.257 e. The first-order valence-electron chi connectivity index (χ1n) is 7.91. The van der Waals surface area contributed by atoms with Crippen LogP contribution in [-0.4, -0.2) is 17.0 Å². The molecule has 3 aromatic rings. The third kappa shape index (κ3) is 4.23. The molecule has 7 heteroatoms. The first-order chi connectivity index (χ1) is 12.4. The lowest BCUT2D eigenvalue weighted by atomic mass is 10.2. The highest BCUT2D eigenvalue weighted by atomic mass is 32.1. The van der Waals surface area contributed by atoms with Gasteiger partial charge < -0.3 is 4.74 Å². The Bertz CT molecular complexity index is 924. The molecule has 2 aromatic carbocycles. The molecule has 1 N–H and O–H groups in total. The third-order valence-electron chi connectivity index (χ3n) is 3.43. The molecule has 0 saturated carbocycles. The summed E-state index contributed by atoms with van der Waals surface area (Å²) in [5, 5.41) is 4.74. The number of nitrogens with one attached hydrogen (secondary N) is 1. The number of benzene rings is 2. The molecular formula is C19H16F2N2O2S. The third-order valence-corrected chi connectivity index (χ3v) is 4.19. The minimum absolute atomic E-state index is 0.0553. The molecule has 0 aliphatic heterocycles. The van der Waals surface area contributed by atoms with E-state index in [0.29, 0.717) is 27.7 Å². The predicted molar refractivity (Wildman–Crippen MR) is 97.6 cm³/mol. The summed E-state index contributed by atoms with van der Waals surface area (Å²) in [6.07, 6.45) is 0.0553. The number of ether oxygens (including phenoxy) is 1. The van der Waals surface area contributed by atoms with E-state index < -0.39 is 11.6 Å². The van der Waals surface area contributed by atoms with E-state index in [2.05, 4.69) is 10.3 Å². The molecule has 0 aliphatic rings. The van der Waals surface area contributed by atoms with Crippen LogP contribution in [0.2, 0.25) is 0 Å². The fraction of sp³-hybridized carbons (Fsp3) is 0.158. The van der Waals surface area contributed by atoms with Crippen molar-refractivity contribution in [2.45, 2.75) is 20.0 Å². The van der Waals surface area contributed by atoms with Crippen LogP contribution in [0.3, 0.4) is 0 Å². The zero-order chi connectivity index (χ0) is 18.7. The summed E-state index contributed by atoms with van der Waals surface area (Å²) >= 11 is 1.21. The number of thiazole rings is 1. The lowest BCUT2D eigenvalue weighted by molar-refractivity contribution is 0.102. The largest absolute Gasteiger partial charge is 0.491 e. The van der Waals surface area contributed by atoms with Crippen molar-refractivity contribution in [2.75, 3.05) is 5.32 Å². The summed E-state index contributed by atoms with van der Waals surface area (Å²) in [4.78, 5) is 16.5. The highest BCUT2D eigenvalue weighted by Gasteiger charge is 2.12. The molecule has 0 spiro atoms. The fourth-order valence-electron chi connectivity index (χ4n) is 2.25. The Labute approximate surface area is 153 Å². The van der Waals surface area contributed by atoms with Crippen molar-refractivity contribution < 1.29 is 18.3 Å². The number of anilines is 1. The van der Waals surface area contributed by atoms with Gasteiger partial charge in [0.05, 0.1) is 11.8 Å². The number of halogens is 2. The average molecular weight is 374 g/mol. The van der Waals surface area contributed by atoms with Crippen LogP contribution in [0, 0.1) is 11.6 Å². The molecule has 1 aromatic heterocycles. The maximum Gasteiger partial charge on any atom is 0.257 e. The Balaban J connectivity index is 1.70. The molecule has 0 aliphatic carbocycles. The number of nitrogens with zero attached hydrogens (tertiary/aromatic N) is 1. The molecule has 0 fully saturated rings. The Morgan fingerprint density at radius 1 is 1.12 bits per heavy atom. The van der Waals surface area contributed by atoms with Gasteiger partial charge in [0.1, 0.15) is 5.75 Å². The van der Waals surface area contributed by atoms with Crippen LogP contribution in [0.4, 0.5) is 13.9 Å². The summed E-state index contributed by atoms with van der Waals surface area (Å²) < 4.78 is 31.9.